The molecule has 35 heavy (non-hydrogen) atoms. The molecule has 0 saturated carbocycles. The fourth-order valence-corrected chi connectivity index (χ4v) is 5.24. The van der Waals surface area contributed by atoms with Gasteiger partial charge in [-0.25, -0.2) is 13.4 Å². The molecule has 1 saturated heterocycles. The second kappa shape index (κ2) is 10.2. The van der Waals surface area contributed by atoms with Gasteiger partial charge in [0.05, 0.1) is 10.5 Å². The van der Waals surface area contributed by atoms with Gasteiger partial charge < -0.3 is 9.80 Å². The maximum atomic E-state index is 13.4. The van der Waals surface area contributed by atoms with Crippen LogP contribution in [-0.2, 0) is 10.0 Å². The Morgan fingerprint density at radius 3 is 2.63 bits per heavy atom. The number of pyridine rings is 1. The first-order chi connectivity index (χ1) is 16.8. The molecule has 0 unspecified atom stereocenters. The van der Waals surface area contributed by atoms with Crippen molar-refractivity contribution in [2.24, 2.45) is 0 Å². The lowest BCUT2D eigenvalue weighted by Gasteiger charge is -2.24. The van der Waals surface area contributed by atoms with Crippen LogP contribution in [0.5, 0.6) is 0 Å². The molecule has 1 aliphatic rings. The van der Waals surface area contributed by atoms with Crippen LogP contribution in [-0.4, -0.2) is 50.4 Å². The molecule has 180 valence electrons. The van der Waals surface area contributed by atoms with E-state index in [1.807, 2.05) is 17.9 Å². The summed E-state index contributed by atoms with van der Waals surface area (Å²) in [7, 11) is -3.86. The number of carbonyl (C=O) groups excluding carboxylic acids is 1. The standard InChI is InChI=1S/C26H27N5O3S/c1-19-6-3-8-22(16-19)29-35(33,34)23-10-9-20(2)24(17-23)26(32)31-13-5-12-30(14-15-31)25-21(18-27)7-4-11-28-25/h3-4,6-11,16-17,29H,5,12-15H2,1-2H3. The molecule has 9 heteroatoms. The lowest BCUT2D eigenvalue weighted by Crippen LogP contribution is -2.36. The number of nitrogens with one attached hydrogen (secondary N) is 1. The van der Waals surface area contributed by atoms with Crippen LogP contribution < -0.4 is 9.62 Å². The van der Waals surface area contributed by atoms with Crippen molar-refractivity contribution in [2.75, 3.05) is 35.8 Å². The number of aromatic nitrogens is 1. The molecule has 1 amide bonds. The van der Waals surface area contributed by atoms with Crippen LogP contribution in [0.2, 0.25) is 0 Å². The van der Waals surface area contributed by atoms with E-state index in [9.17, 15) is 18.5 Å². The minimum atomic E-state index is -3.86. The normalized spacial score (nSPS) is 14.2. The van der Waals surface area contributed by atoms with E-state index in [0.717, 1.165) is 5.56 Å². The maximum Gasteiger partial charge on any atom is 0.261 e. The summed E-state index contributed by atoms with van der Waals surface area (Å²) in [4.78, 5) is 21.6. The topological polar surface area (TPSA) is 106 Å². The highest BCUT2D eigenvalue weighted by Crippen LogP contribution is 2.23. The zero-order chi connectivity index (χ0) is 25.0. The van der Waals surface area contributed by atoms with Gasteiger partial charge in [-0.3, -0.25) is 9.52 Å². The number of sulfonamides is 1. The number of benzene rings is 2. The molecule has 2 heterocycles. The summed E-state index contributed by atoms with van der Waals surface area (Å²) < 4.78 is 28.6. The molecule has 1 aromatic heterocycles. The second-order valence-corrected chi connectivity index (χ2v) is 10.3. The van der Waals surface area contributed by atoms with Crippen molar-refractivity contribution in [1.29, 1.82) is 5.26 Å². The van der Waals surface area contributed by atoms with Gasteiger partial charge in [0.2, 0.25) is 0 Å². The number of rotatable bonds is 5. The Labute approximate surface area is 205 Å². The van der Waals surface area contributed by atoms with E-state index in [-0.39, 0.29) is 10.8 Å². The van der Waals surface area contributed by atoms with Gasteiger partial charge in [-0.1, -0.05) is 18.2 Å². The number of amides is 1. The van der Waals surface area contributed by atoms with Gasteiger partial charge in [0, 0.05) is 43.6 Å². The number of hydrogen-bond acceptors (Lipinski definition) is 6. The maximum absolute atomic E-state index is 13.4. The SMILES string of the molecule is Cc1cccc(NS(=O)(=O)c2ccc(C)c(C(=O)N3CCCN(c4ncccc4C#N)CC3)c2)c1. The monoisotopic (exact) mass is 489 g/mol. The third-order valence-electron chi connectivity index (χ3n) is 6.01. The first kappa shape index (κ1) is 24.2. The second-order valence-electron chi connectivity index (χ2n) is 8.57. The molecular weight excluding hydrogens is 462 g/mol. The van der Waals surface area contributed by atoms with Crippen LogP contribution in [0.15, 0.2) is 65.7 Å². The number of anilines is 2. The predicted octanol–water partition coefficient (Wildman–Crippen LogP) is 3.72. The lowest BCUT2D eigenvalue weighted by atomic mass is 10.1. The van der Waals surface area contributed by atoms with Crippen molar-refractivity contribution in [3.8, 4) is 6.07 Å². The van der Waals surface area contributed by atoms with E-state index >= 15 is 0 Å². The van der Waals surface area contributed by atoms with Crippen molar-refractivity contribution in [3.05, 3.63) is 83.0 Å². The van der Waals surface area contributed by atoms with Crippen LogP contribution in [0, 0.1) is 25.2 Å². The van der Waals surface area contributed by atoms with E-state index in [2.05, 4.69) is 15.8 Å². The van der Waals surface area contributed by atoms with Crippen LogP contribution in [0.1, 0.15) is 33.5 Å². The number of aryl methyl sites for hydroxylation is 2. The fourth-order valence-electron chi connectivity index (χ4n) is 4.16. The van der Waals surface area contributed by atoms with Gasteiger partial charge >= 0.3 is 0 Å². The van der Waals surface area contributed by atoms with Crippen molar-refractivity contribution in [3.63, 3.8) is 0 Å². The molecule has 1 N–H and O–H groups in total. The van der Waals surface area contributed by atoms with Gasteiger partial charge in [-0.2, -0.15) is 5.26 Å². The van der Waals surface area contributed by atoms with Gasteiger partial charge in [0.1, 0.15) is 11.9 Å². The van der Waals surface area contributed by atoms with E-state index in [0.29, 0.717) is 60.8 Å². The van der Waals surface area contributed by atoms with Gasteiger partial charge in [0.15, 0.2) is 0 Å². The smallest absolute Gasteiger partial charge is 0.261 e. The van der Waals surface area contributed by atoms with Gasteiger partial charge in [-0.05, 0) is 67.8 Å². The minimum Gasteiger partial charge on any atom is -0.354 e. The van der Waals surface area contributed by atoms with E-state index in [1.54, 1.807) is 54.4 Å². The average Bonchev–Trinajstić information content (AvgIpc) is 3.10. The predicted molar refractivity (Wildman–Crippen MR) is 135 cm³/mol. The van der Waals surface area contributed by atoms with Crippen molar-refractivity contribution in [1.82, 2.24) is 9.88 Å². The number of nitrogens with zero attached hydrogens (tertiary/aromatic N) is 4. The number of hydrogen-bond donors (Lipinski definition) is 1. The molecule has 2 aromatic carbocycles. The fraction of sp³-hybridized carbons (Fsp3) is 0.269. The molecular formula is C26H27N5O3S. The highest BCUT2D eigenvalue weighted by atomic mass is 32.2. The Bertz CT molecular complexity index is 1400. The molecule has 0 atom stereocenters. The van der Waals surface area contributed by atoms with Gasteiger partial charge in [0.25, 0.3) is 15.9 Å². The molecule has 1 fully saturated rings. The molecule has 0 radical (unpaired) electrons. The molecule has 4 rings (SSSR count). The van der Waals surface area contributed by atoms with E-state index in [1.165, 1.54) is 12.1 Å². The minimum absolute atomic E-state index is 0.0385. The molecule has 1 aliphatic heterocycles. The summed E-state index contributed by atoms with van der Waals surface area (Å²) in [6, 6.07) is 17.4. The molecule has 3 aromatic rings. The summed E-state index contributed by atoms with van der Waals surface area (Å²) in [5.74, 6) is 0.411. The summed E-state index contributed by atoms with van der Waals surface area (Å²) >= 11 is 0. The van der Waals surface area contributed by atoms with E-state index < -0.39 is 10.0 Å². The zero-order valence-corrected chi connectivity index (χ0v) is 20.5. The molecule has 8 nitrogen and oxygen atoms in total. The molecule has 0 spiro atoms. The Morgan fingerprint density at radius 2 is 1.86 bits per heavy atom. The first-order valence-corrected chi connectivity index (χ1v) is 12.9. The lowest BCUT2D eigenvalue weighted by molar-refractivity contribution is 0.0766. The van der Waals surface area contributed by atoms with Crippen molar-refractivity contribution >= 4 is 27.4 Å². The highest BCUT2D eigenvalue weighted by Gasteiger charge is 2.25. The zero-order valence-electron chi connectivity index (χ0n) is 19.7. The van der Waals surface area contributed by atoms with Crippen LogP contribution >= 0.6 is 0 Å². The summed E-state index contributed by atoms with van der Waals surface area (Å²) in [6.45, 7) is 5.86. The number of carbonyl (C=O) groups is 1. The summed E-state index contributed by atoms with van der Waals surface area (Å²) in [6.07, 6.45) is 2.36. The van der Waals surface area contributed by atoms with Crippen LogP contribution in [0.4, 0.5) is 11.5 Å². The van der Waals surface area contributed by atoms with Gasteiger partial charge in [-0.15, -0.1) is 0 Å². The number of nitriles is 1. The third-order valence-corrected chi connectivity index (χ3v) is 7.39. The Morgan fingerprint density at radius 1 is 1.03 bits per heavy atom. The Hall–Kier alpha value is -3.90. The van der Waals surface area contributed by atoms with Crippen LogP contribution in [0.25, 0.3) is 0 Å². The largest absolute Gasteiger partial charge is 0.354 e. The van der Waals surface area contributed by atoms with E-state index in [4.69, 9.17) is 0 Å². The summed E-state index contributed by atoms with van der Waals surface area (Å²) in [5, 5.41) is 9.40. The molecule has 0 bridgehead atoms. The van der Waals surface area contributed by atoms with Crippen molar-refractivity contribution < 1.29 is 13.2 Å². The Balaban J connectivity index is 1.54. The molecule has 0 aliphatic carbocycles. The Kier molecular flexibility index (Phi) is 7.03. The summed E-state index contributed by atoms with van der Waals surface area (Å²) in [5.41, 5.74) is 2.98. The first-order valence-electron chi connectivity index (χ1n) is 11.4. The highest BCUT2D eigenvalue weighted by molar-refractivity contribution is 7.92. The quantitative estimate of drug-likeness (QED) is 0.585. The van der Waals surface area contributed by atoms with Crippen molar-refractivity contribution in [2.45, 2.75) is 25.2 Å². The average molecular weight is 490 g/mol. The van der Waals surface area contributed by atoms with Crippen LogP contribution in [0.3, 0.4) is 0 Å². The third kappa shape index (κ3) is 5.44.